The van der Waals surface area contributed by atoms with Gasteiger partial charge in [0, 0.05) is 25.7 Å². The van der Waals surface area contributed by atoms with Gasteiger partial charge in [0.05, 0.1) is 18.7 Å². The fraction of sp³-hybridized carbons (Fsp3) is 0.512. The third kappa shape index (κ3) is 11.4. The summed E-state index contributed by atoms with van der Waals surface area (Å²) in [7, 11) is 0. The molecule has 52 heavy (non-hydrogen) atoms. The number of nitrogens with one attached hydrogen (secondary N) is 2. The molecule has 1 saturated carbocycles. The van der Waals surface area contributed by atoms with Crippen molar-refractivity contribution in [1.29, 1.82) is 0 Å². The molecule has 3 aromatic rings. The van der Waals surface area contributed by atoms with Gasteiger partial charge >= 0.3 is 12.2 Å². The van der Waals surface area contributed by atoms with Crippen LogP contribution in [-0.4, -0.2) is 65.5 Å². The largest absolute Gasteiger partial charge is 0.467 e. The number of carbonyl (C=O) groups excluding carboxylic acids is 4. The van der Waals surface area contributed by atoms with E-state index in [1.54, 1.807) is 22.1 Å². The van der Waals surface area contributed by atoms with Gasteiger partial charge in [-0.2, -0.15) is 0 Å². The Bertz CT molecular complexity index is 1560. The first-order valence-corrected chi connectivity index (χ1v) is 18.6. The molecule has 4 amide bonds. The summed E-state index contributed by atoms with van der Waals surface area (Å²) >= 11 is 0. The molecule has 0 radical (unpaired) electrons. The number of hydrogen-bond acceptors (Lipinski definition) is 7. The van der Waals surface area contributed by atoms with Crippen molar-refractivity contribution in [2.24, 2.45) is 17.3 Å². The van der Waals surface area contributed by atoms with E-state index in [1.165, 1.54) is 0 Å². The summed E-state index contributed by atoms with van der Waals surface area (Å²) in [6.45, 7) is 7.36. The van der Waals surface area contributed by atoms with Crippen LogP contribution in [0, 0.1) is 17.3 Å². The molecule has 2 heterocycles. The number of carbonyl (C=O) groups is 4. The van der Waals surface area contributed by atoms with Gasteiger partial charge in [-0.05, 0) is 53.9 Å². The minimum Gasteiger partial charge on any atom is -0.467 e. The quantitative estimate of drug-likeness (QED) is 0.183. The average molecular weight is 715 g/mol. The number of rotatable bonds is 14. The van der Waals surface area contributed by atoms with Crippen LogP contribution in [0.4, 0.5) is 9.59 Å². The molecule has 2 atom stereocenters. The van der Waals surface area contributed by atoms with Gasteiger partial charge in [-0.1, -0.05) is 107 Å². The van der Waals surface area contributed by atoms with E-state index in [-0.39, 0.29) is 44.2 Å². The Labute approximate surface area is 307 Å². The highest BCUT2D eigenvalue weighted by atomic mass is 16.6. The maximum atomic E-state index is 14.2. The molecule has 280 valence electrons. The summed E-state index contributed by atoms with van der Waals surface area (Å²) in [5, 5.41) is 5.91. The third-order valence-electron chi connectivity index (χ3n) is 10.1. The number of furan rings is 1. The van der Waals surface area contributed by atoms with Gasteiger partial charge in [-0.15, -0.1) is 0 Å². The summed E-state index contributed by atoms with van der Waals surface area (Å²) in [4.78, 5) is 57.6. The van der Waals surface area contributed by atoms with E-state index in [1.807, 2.05) is 87.5 Å². The summed E-state index contributed by atoms with van der Waals surface area (Å²) in [5.74, 6) is 0.136. The maximum absolute atomic E-state index is 14.2. The number of likely N-dealkylation sites (tertiary alicyclic amines) is 1. The zero-order valence-electron chi connectivity index (χ0n) is 30.8. The first kappa shape index (κ1) is 38.4. The second kappa shape index (κ2) is 18.6. The summed E-state index contributed by atoms with van der Waals surface area (Å²) in [5.41, 5.74) is 1.20. The van der Waals surface area contributed by atoms with Crippen molar-refractivity contribution in [1.82, 2.24) is 20.4 Å². The SMILES string of the molecule is CC(C)(C)[C@H](NC(=O)[C@@H](CNC(=O)OCc1ccccc1)CC1CCCC1)C(=O)N1CCC(N(Cc2ccco2)C(=O)OCc2ccccc2)CC1. The lowest BCUT2D eigenvalue weighted by Gasteiger charge is -2.41. The molecule has 1 saturated heterocycles. The van der Waals surface area contributed by atoms with Crippen molar-refractivity contribution in [2.45, 2.75) is 97.6 Å². The number of nitrogens with zero attached hydrogens (tertiary/aromatic N) is 2. The topological polar surface area (TPSA) is 130 Å². The smallest absolute Gasteiger partial charge is 0.410 e. The van der Waals surface area contributed by atoms with Crippen LogP contribution >= 0.6 is 0 Å². The average Bonchev–Trinajstić information content (AvgIpc) is 3.88. The van der Waals surface area contributed by atoms with Crippen LogP contribution in [0.2, 0.25) is 0 Å². The molecule has 1 aromatic heterocycles. The predicted octanol–water partition coefficient (Wildman–Crippen LogP) is 7.06. The molecule has 1 aliphatic heterocycles. The molecule has 2 fully saturated rings. The van der Waals surface area contributed by atoms with E-state index in [9.17, 15) is 19.2 Å². The van der Waals surface area contributed by atoms with Gasteiger partial charge in [0.2, 0.25) is 11.8 Å². The predicted molar refractivity (Wildman–Crippen MR) is 197 cm³/mol. The zero-order chi connectivity index (χ0) is 36.9. The van der Waals surface area contributed by atoms with Crippen molar-refractivity contribution in [3.05, 3.63) is 95.9 Å². The Morgan fingerprint density at radius 2 is 1.46 bits per heavy atom. The number of piperidine rings is 1. The first-order chi connectivity index (χ1) is 25.1. The Balaban J connectivity index is 1.19. The number of benzene rings is 2. The minimum absolute atomic E-state index is 0.123. The Morgan fingerprint density at radius 3 is 2.04 bits per heavy atom. The van der Waals surface area contributed by atoms with E-state index in [4.69, 9.17) is 13.9 Å². The Morgan fingerprint density at radius 1 is 0.846 bits per heavy atom. The summed E-state index contributed by atoms with van der Waals surface area (Å²) in [6.07, 6.45) is 6.67. The molecule has 5 rings (SSSR count). The fourth-order valence-corrected chi connectivity index (χ4v) is 7.12. The molecular weight excluding hydrogens is 660 g/mol. The highest BCUT2D eigenvalue weighted by Crippen LogP contribution is 2.31. The molecule has 0 spiro atoms. The number of alkyl carbamates (subject to hydrolysis) is 1. The van der Waals surface area contributed by atoms with Crippen molar-refractivity contribution in [3.8, 4) is 0 Å². The van der Waals surface area contributed by atoms with Crippen LogP contribution < -0.4 is 10.6 Å². The van der Waals surface area contributed by atoms with Crippen LogP contribution in [0.15, 0.2) is 83.5 Å². The lowest BCUT2D eigenvalue weighted by Crippen LogP contribution is -2.58. The van der Waals surface area contributed by atoms with Crippen LogP contribution in [0.1, 0.15) is 82.6 Å². The van der Waals surface area contributed by atoms with Crippen molar-refractivity contribution < 1.29 is 33.1 Å². The van der Waals surface area contributed by atoms with Gasteiger partial charge in [-0.25, -0.2) is 9.59 Å². The highest BCUT2D eigenvalue weighted by Gasteiger charge is 2.40. The van der Waals surface area contributed by atoms with Gasteiger partial charge in [0.1, 0.15) is 25.0 Å². The van der Waals surface area contributed by atoms with Crippen molar-refractivity contribution in [2.75, 3.05) is 19.6 Å². The molecule has 11 nitrogen and oxygen atoms in total. The monoisotopic (exact) mass is 714 g/mol. The third-order valence-corrected chi connectivity index (χ3v) is 10.1. The van der Waals surface area contributed by atoms with E-state index >= 15 is 0 Å². The van der Waals surface area contributed by atoms with Crippen LogP contribution in [-0.2, 0) is 38.8 Å². The second-order valence-electron chi connectivity index (χ2n) is 15.1. The molecular formula is C41H54N4O7. The molecule has 11 heteroatoms. The molecule has 0 bridgehead atoms. The molecule has 0 unspecified atom stereocenters. The van der Waals surface area contributed by atoms with E-state index < -0.39 is 29.6 Å². The minimum atomic E-state index is -0.775. The number of ether oxygens (including phenoxy) is 2. The summed E-state index contributed by atoms with van der Waals surface area (Å²) < 4.78 is 16.7. The van der Waals surface area contributed by atoms with Gasteiger partial charge in [0.15, 0.2) is 0 Å². The van der Waals surface area contributed by atoms with Crippen LogP contribution in [0.5, 0.6) is 0 Å². The van der Waals surface area contributed by atoms with Gasteiger partial charge in [-0.3, -0.25) is 14.5 Å². The molecule has 2 aliphatic rings. The lowest BCUT2D eigenvalue weighted by atomic mass is 9.84. The normalized spacial score (nSPS) is 16.5. The standard InChI is InChI=1S/C41H54N4O7/c1-41(2,3)36(43-37(46)33(25-30-13-10-11-14-30)26-42-39(48)51-28-31-15-6-4-7-16-31)38(47)44-22-20-34(21-23-44)45(27-35-19-12-24-50-35)40(49)52-29-32-17-8-5-9-18-32/h4-9,12,15-19,24,30,33-34,36H,10-11,13-14,20-23,25-29H2,1-3H3,(H,42,48)(H,43,46)/t33-,36-/m1/s1. The Kier molecular flexibility index (Phi) is 13.8. The Hall–Kier alpha value is -4.80. The van der Waals surface area contributed by atoms with Crippen molar-refractivity contribution >= 4 is 24.0 Å². The number of amides is 4. The molecule has 1 aliphatic carbocycles. The maximum Gasteiger partial charge on any atom is 0.410 e. The van der Waals surface area contributed by atoms with Crippen LogP contribution in [0.25, 0.3) is 0 Å². The van der Waals surface area contributed by atoms with Crippen LogP contribution in [0.3, 0.4) is 0 Å². The zero-order valence-corrected chi connectivity index (χ0v) is 30.8. The van der Waals surface area contributed by atoms with E-state index in [0.29, 0.717) is 44.0 Å². The fourth-order valence-electron chi connectivity index (χ4n) is 7.12. The molecule has 2 aromatic carbocycles. The van der Waals surface area contributed by atoms with Gasteiger partial charge in [0.25, 0.3) is 0 Å². The number of hydrogen-bond donors (Lipinski definition) is 2. The van der Waals surface area contributed by atoms with Crippen molar-refractivity contribution in [3.63, 3.8) is 0 Å². The lowest BCUT2D eigenvalue weighted by molar-refractivity contribution is -0.141. The molecule has 2 N–H and O–H groups in total. The van der Waals surface area contributed by atoms with E-state index in [0.717, 1.165) is 36.8 Å². The highest BCUT2D eigenvalue weighted by molar-refractivity contribution is 5.89. The van der Waals surface area contributed by atoms with Gasteiger partial charge < -0.3 is 29.4 Å². The summed E-state index contributed by atoms with van der Waals surface area (Å²) in [6, 6.07) is 21.7. The first-order valence-electron chi connectivity index (χ1n) is 18.6. The second-order valence-corrected chi connectivity index (χ2v) is 15.1. The van der Waals surface area contributed by atoms with E-state index in [2.05, 4.69) is 10.6 Å².